The van der Waals surface area contributed by atoms with Gasteiger partial charge < -0.3 is 9.47 Å². The van der Waals surface area contributed by atoms with Crippen LogP contribution in [-0.2, 0) is 13.1 Å². The molecule has 8 heteroatoms. The van der Waals surface area contributed by atoms with Gasteiger partial charge in [0.2, 0.25) is 0 Å². The number of carbonyl (C=O) groups is 1. The van der Waals surface area contributed by atoms with E-state index in [1.54, 1.807) is 22.0 Å². The molecule has 0 radical (unpaired) electrons. The van der Waals surface area contributed by atoms with Crippen LogP contribution in [0.1, 0.15) is 46.3 Å². The van der Waals surface area contributed by atoms with Crippen molar-refractivity contribution >= 4 is 22.8 Å². The molecule has 170 valence electrons. The second-order valence-electron chi connectivity index (χ2n) is 8.48. The van der Waals surface area contributed by atoms with Crippen molar-refractivity contribution in [3.63, 3.8) is 0 Å². The standard InChI is InChI=1S/C25H26FN5OS/c1-3-18-14-30(26)16-29-15-20(28-24(18)29)13-21-11-7-8-12-31(21)25(32)22-23(33-17(2)27-22)19-9-5-4-6-10-19/h3-6,9-10,14-15,21H,1,7-8,11-13,16H2,2H3/t21-/m0/s1. The number of hydrogen-bond donors (Lipinski definition) is 0. The number of allylic oxidation sites excluding steroid dienone is 2. The number of benzene rings is 1. The molecule has 5 rings (SSSR count). The van der Waals surface area contributed by atoms with Gasteiger partial charge in [-0.15, -0.1) is 11.3 Å². The van der Waals surface area contributed by atoms with Crippen molar-refractivity contribution in [2.24, 2.45) is 0 Å². The van der Waals surface area contributed by atoms with Crippen LogP contribution in [-0.4, -0.2) is 43.1 Å². The Balaban J connectivity index is 1.41. The molecule has 3 aromatic rings. The van der Waals surface area contributed by atoms with Gasteiger partial charge in [0.15, 0.2) is 0 Å². The van der Waals surface area contributed by atoms with Crippen LogP contribution < -0.4 is 0 Å². The smallest absolute Gasteiger partial charge is 0.274 e. The Morgan fingerprint density at radius 3 is 2.88 bits per heavy atom. The number of carbonyl (C=O) groups excluding carboxylic acids is 1. The van der Waals surface area contributed by atoms with Gasteiger partial charge >= 0.3 is 0 Å². The Morgan fingerprint density at radius 1 is 1.27 bits per heavy atom. The number of piperidine rings is 1. The third-order valence-corrected chi connectivity index (χ3v) is 7.20. The predicted octanol–water partition coefficient (Wildman–Crippen LogP) is 5.24. The van der Waals surface area contributed by atoms with Crippen LogP contribution in [0.5, 0.6) is 0 Å². The number of imidazole rings is 1. The van der Waals surface area contributed by atoms with Crippen LogP contribution in [0.15, 0.2) is 55.4 Å². The van der Waals surface area contributed by atoms with Crippen LogP contribution in [0.25, 0.3) is 16.0 Å². The van der Waals surface area contributed by atoms with Gasteiger partial charge in [0, 0.05) is 37.0 Å². The predicted molar refractivity (Wildman–Crippen MR) is 128 cm³/mol. The number of hydrogen-bond acceptors (Lipinski definition) is 5. The Hall–Kier alpha value is -3.26. The zero-order valence-electron chi connectivity index (χ0n) is 18.6. The number of aryl methyl sites for hydroxylation is 1. The summed E-state index contributed by atoms with van der Waals surface area (Å²) < 4.78 is 15.7. The van der Waals surface area contributed by atoms with Gasteiger partial charge in [-0.3, -0.25) is 4.79 Å². The van der Waals surface area contributed by atoms with E-state index in [-0.39, 0.29) is 18.6 Å². The van der Waals surface area contributed by atoms with Crippen LogP contribution in [0.2, 0.25) is 0 Å². The third kappa shape index (κ3) is 4.23. The molecule has 1 atom stereocenters. The topological polar surface area (TPSA) is 54.3 Å². The lowest BCUT2D eigenvalue weighted by molar-refractivity contribution is 0.0485. The van der Waals surface area contributed by atoms with Crippen LogP contribution in [0, 0.1) is 6.92 Å². The molecule has 0 saturated carbocycles. The summed E-state index contributed by atoms with van der Waals surface area (Å²) in [6, 6.07) is 10.0. The van der Waals surface area contributed by atoms with E-state index in [1.807, 2.05) is 48.4 Å². The van der Waals surface area contributed by atoms with Crippen LogP contribution in [0.3, 0.4) is 0 Å². The number of likely N-dealkylation sites (tertiary alicyclic amines) is 1. The molecule has 0 unspecified atom stereocenters. The van der Waals surface area contributed by atoms with Gasteiger partial charge in [0.25, 0.3) is 5.91 Å². The van der Waals surface area contributed by atoms with Crippen molar-refractivity contribution in [3.8, 4) is 10.4 Å². The lowest BCUT2D eigenvalue weighted by Gasteiger charge is -2.35. The zero-order valence-corrected chi connectivity index (χ0v) is 19.4. The molecule has 4 heterocycles. The number of rotatable bonds is 5. The maximum Gasteiger partial charge on any atom is 0.274 e. The molecular weight excluding hydrogens is 437 g/mol. The van der Waals surface area contributed by atoms with Gasteiger partial charge in [-0.25, -0.2) is 9.97 Å². The number of nitrogens with zero attached hydrogens (tertiary/aromatic N) is 5. The average Bonchev–Trinajstić information content (AvgIpc) is 3.42. The summed E-state index contributed by atoms with van der Waals surface area (Å²) in [6.45, 7) is 6.52. The highest BCUT2D eigenvalue weighted by Gasteiger charge is 2.32. The minimum absolute atomic E-state index is 0.0199. The Bertz CT molecular complexity index is 1210. The molecule has 33 heavy (non-hydrogen) atoms. The van der Waals surface area contributed by atoms with E-state index in [4.69, 9.17) is 4.98 Å². The SMILES string of the molecule is C=CC1=CN(F)Cn2cc(C[C@@H]3CCCCN3C(=O)c3nc(C)sc3-c3ccccc3)nc21. The number of amides is 1. The van der Waals surface area contributed by atoms with E-state index in [2.05, 4.69) is 11.6 Å². The first-order valence-electron chi connectivity index (χ1n) is 11.2. The fourth-order valence-electron chi connectivity index (χ4n) is 4.66. The molecular formula is C25H26FN5OS. The van der Waals surface area contributed by atoms with Crippen LogP contribution in [0.4, 0.5) is 4.48 Å². The van der Waals surface area contributed by atoms with Gasteiger partial charge in [-0.1, -0.05) is 47.5 Å². The molecule has 1 amide bonds. The van der Waals surface area contributed by atoms with Crippen molar-refractivity contribution in [3.05, 3.63) is 77.6 Å². The largest absolute Gasteiger partial charge is 0.334 e. The van der Waals surface area contributed by atoms with Crippen molar-refractivity contribution in [1.29, 1.82) is 0 Å². The van der Waals surface area contributed by atoms with E-state index in [9.17, 15) is 9.28 Å². The Labute approximate surface area is 196 Å². The fourth-order valence-corrected chi connectivity index (χ4v) is 5.58. The van der Waals surface area contributed by atoms with Crippen molar-refractivity contribution < 1.29 is 9.28 Å². The third-order valence-electron chi connectivity index (χ3n) is 6.18. The highest BCUT2D eigenvalue weighted by molar-refractivity contribution is 7.15. The van der Waals surface area contributed by atoms with Gasteiger partial charge in [-0.05, 0) is 31.7 Å². The number of fused-ring (bicyclic) bond motifs is 1. The molecule has 0 N–H and O–H groups in total. The first-order valence-corrected chi connectivity index (χ1v) is 12.0. The molecule has 0 aliphatic carbocycles. The quantitative estimate of drug-likeness (QED) is 0.486. The van der Waals surface area contributed by atoms with E-state index >= 15 is 0 Å². The lowest BCUT2D eigenvalue weighted by atomic mass is 9.97. The Morgan fingerprint density at radius 2 is 2.09 bits per heavy atom. The molecule has 0 bridgehead atoms. The summed E-state index contributed by atoms with van der Waals surface area (Å²) in [5, 5.41) is 1.51. The second kappa shape index (κ2) is 8.94. The van der Waals surface area contributed by atoms with Crippen LogP contribution >= 0.6 is 11.3 Å². The average molecular weight is 464 g/mol. The molecule has 0 spiro atoms. The maximum absolute atomic E-state index is 13.9. The first-order chi connectivity index (χ1) is 16.0. The molecule has 2 aliphatic heterocycles. The summed E-state index contributed by atoms with van der Waals surface area (Å²) in [5.41, 5.74) is 3.05. The minimum Gasteiger partial charge on any atom is -0.334 e. The van der Waals surface area contributed by atoms with Gasteiger partial charge in [0.1, 0.15) is 18.2 Å². The summed E-state index contributed by atoms with van der Waals surface area (Å²) in [6.07, 6.45) is 8.50. The summed E-state index contributed by atoms with van der Waals surface area (Å²) in [7, 11) is 0. The molecule has 1 fully saturated rings. The van der Waals surface area contributed by atoms with E-state index in [0.29, 0.717) is 35.2 Å². The lowest BCUT2D eigenvalue weighted by Crippen LogP contribution is -2.45. The maximum atomic E-state index is 13.9. The monoisotopic (exact) mass is 463 g/mol. The van der Waals surface area contributed by atoms with E-state index < -0.39 is 0 Å². The van der Waals surface area contributed by atoms with Crippen molar-refractivity contribution in [2.75, 3.05) is 6.54 Å². The molecule has 2 aliphatic rings. The molecule has 1 saturated heterocycles. The van der Waals surface area contributed by atoms with Crippen molar-refractivity contribution in [1.82, 2.24) is 24.6 Å². The highest BCUT2D eigenvalue weighted by Crippen LogP contribution is 2.33. The Kier molecular flexibility index (Phi) is 5.85. The minimum atomic E-state index is -0.0199. The van der Waals surface area contributed by atoms with E-state index in [0.717, 1.165) is 40.4 Å². The summed E-state index contributed by atoms with van der Waals surface area (Å²) in [5.74, 6) is 0.692. The number of thiazole rings is 1. The molecule has 1 aromatic carbocycles. The zero-order chi connectivity index (χ0) is 22.9. The first kappa shape index (κ1) is 21.6. The van der Waals surface area contributed by atoms with E-state index in [1.165, 1.54) is 6.20 Å². The molecule has 6 nitrogen and oxygen atoms in total. The normalized spacial score (nSPS) is 18.1. The highest BCUT2D eigenvalue weighted by atomic mass is 32.1. The van der Waals surface area contributed by atoms with Gasteiger partial charge in [-0.2, -0.15) is 5.12 Å². The number of halogens is 1. The summed E-state index contributed by atoms with van der Waals surface area (Å²) in [4.78, 5) is 26.0. The number of aromatic nitrogens is 3. The van der Waals surface area contributed by atoms with Crippen molar-refractivity contribution in [2.45, 2.75) is 45.3 Å². The summed E-state index contributed by atoms with van der Waals surface area (Å²) >= 11 is 1.56. The fraction of sp³-hybridized carbons (Fsp3) is 0.320. The second-order valence-corrected chi connectivity index (χ2v) is 9.69. The molecule has 2 aromatic heterocycles. The van der Waals surface area contributed by atoms with Gasteiger partial charge in [0.05, 0.1) is 15.6 Å².